The molecule has 0 spiro atoms. The van der Waals surface area contributed by atoms with Gasteiger partial charge in [-0.3, -0.25) is 4.79 Å². The van der Waals surface area contributed by atoms with Crippen LogP contribution in [0.1, 0.15) is 49.4 Å². The van der Waals surface area contributed by atoms with Gasteiger partial charge in [0.1, 0.15) is 5.69 Å². The fourth-order valence-electron chi connectivity index (χ4n) is 2.39. The highest BCUT2D eigenvalue weighted by atomic mass is 35.5. The minimum absolute atomic E-state index is 0.129. The Morgan fingerprint density at radius 2 is 1.68 bits per heavy atom. The second-order valence-electron chi connectivity index (χ2n) is 5.35. The maximum absolute atomic E-state index is 12.2. The Morgan fingerprint density at radius 1 is 1.04 bits per heavy atom. The molecular formula is C18H18ClNO5. The van der Waals surface area contributed by atoms with Crippen molar-refractivity contribution in [3.05, 3.63) is 57.4 Å². The van der Waals surface area contributed by atoms with Crippen molar-refractivity contribution in [3.63, 3.8) is 0 Å². The molecule has 0 atom stereocenters. The predicted octanol–water partition coefficient (Wildman–Crippen LogP) is 3.50. The van der Waals surface area contributed by atoms with Crippen molar-refractivity contribution in [2.45, 2.75) is 20.8 Å². The molecule has 0 fully saturated rings. The van der Waals surface area contributed by atoms with Crippen LogP contribution in [0.5, 0.6) is 0 Å². The summed E-state index contributed by atoms with van der Waals surface area (Å²) < 4.78 is 10.0. The van der Waals surface area contributed by atoms with Crippen LogP contribution in [0.25, 0.3) is 0 Å². The van der Waals surface area contributed by atoms with Gasteiger partial charge in [0.05, 0.1) is 12.2 Å². The third kappa shape index (κ3) is 4.28. The minimum Gasteiger partial charge on any atom is -0.462 e. The van der Waals surface area contributed by atoms with Crippen LogP contribution in [0.3, 0.4) is 0 Å². The summed E-state index contributed by atoms with van der Waals surface area (Å²) in [4.78, 5) is 39.0. The highest BCUT2D eigenvalue weighted by Gasteiger charge is 2.24. The molecule has 25 heavy (non-hydrogen) atoms. The Labute approximate surface area is 150 Å². The van der Waals surface area contributed by atoms with Gasteiger partial charge in [-0.05, 0) is 50.6 Å². The molecule has 0 aliphatic rings. The number of hydrogen-bond donors (Lipinski definition) is 1. The quantitative estimate of drug-likeness (QED) is 0.627. The summed E-state index contributed by atoms with van der Waals surface area (Å²) in [6.45, 7) is 4.81. The maximum Gasteiger partial charge on any atom is 0.355 e. The first-order valence-electron chi connectivity index (χ1n) is 7.67. The summed E-state index contributed by atoms with van der Waals surface area (Å²) in [5, 5.41) is 0.512. The lowest BCUT2D eigenvalue weighted by atomic mass is 10.1. The van der Waals surface area contributed by atoms with Crippen LogP contribution < -0.4 is 0 Å². The standard InChI is InChI=1S/C18H18ClNO5/c1-4-24-17(22)15-10(2)16(20-11(15)3)18(23)25-9-14(21)12-5-7-13(19)8-6-12/h5-8,20H,4,9H2,1-3H3. The molecule has 0 radical (unpaired) electrons. The first-order valence-corrected chi connectivity index (χ1v) is 8.05. The van der Waals surface area contributed by atoms with Gasteiger partial charge in [0, 0.05) is 16.3 Å². The molecule has 132 valence electrons. The number of rotatable bonds is 6. The molecule has 0 aliphatic heterocycles. The van der Waals surface area contributed by atoms with Crippen molar-refractivity contribution < 1.29 is 23.9 Å². The number of ether oxygens (including phenoxy) is 2. The third-order valence-electron chi connectivity index (χ3n) is 3.62. The average molecular weight is 364 g/mol. The molecule has 0 saturated heterocycles. The number of aromatic amines is 1. The van der Waals surface area contributed by atoms with E-state index in [0.29, 0.717) is 27.4 Å². The van der Waals surface area contributed by atoms with Crippen LogP contribution in [0.4, 0.5) is 0 Å². The molecule has 2 rings (SSSR count). The molecule has 1 N–H and O–H groups in total. The number of hydrogen-bond acceptors (Lipinski definition) is 5. The van der Waals surface area contributed by atoms with Gasteiger partial charge in [0.2, 0.25) is 0 Å². The van der Waals surface area contributed by atoms with E-state index in [9.17, 15) is 14.4 Å². The zero-order chi connectivity index (χ0) is 18.6. The summed E-state index contributed by atoms with van der Waals surface area (Å²) in [6, 6.07) is 6.28. The smallest absolute Gasteiger partial charge is 0.355 e. The van der Waals surface area contributed by atoms with Crippen LogP contribution in [0.15, 0.2) is 24.3 Å². The minimum atomic E-state index is -0.710. The van der Waals surface area contributed by atoms with Crippen LogP contribution in [0, 0.1) is 13.8 Å². The van der Waals surface area contributed by atoms with Crippen molar-refractivity contribution in [1.29, 1.82) is 0 Å². The monoisotopic (exact) mass is 363 g/mol. The van der Waals surface area contributed by atoms with Gasteiger partial charge in [-0.25, -0.2) is 9.59 Å². The van der Waals surface area contributed by atoms with Crippen LogP contribution in [-0.2, 0) is 9.47 Å². The fourth-order valence-corrected chi connectivity index (χ4v) is 2.51. The number of esters is 2. The lowest BCUT2D eigenvalue weighted by molar-refractivity contribution is 0.0468. The Kier molecular flexibility index (Phi) is 5.98. The zero-order valence-electron chi connectivity index (χ0n) is 14.1. The second-order valence-corrected chi connectivity index (χ2v) is 5.79. The lowest BCUT2D eigenvalue weighted by Gasteiger charge is -2.05. The number of ketones is 1. The molecule has 1 aromatic carbocycles. The summed E-state index contributed by atoms with van der Waals surface area (Å²) >= 11 is 5.77. The highest BCUT2D eigenvalue weighted by molar-refractivity contribution is 6.30. The van der Waals surface area contributed by atoms with Crippen molar-refractivity contribution in [3.8, 4) is 0 Å². The first kappa shape index (κ1) is 18.7. The van der Waals surface area contributed by atoms with E-state index in [-0.39, 0.29) is 18.1 Å². The van der Waals surface area contributed by atoms with Gasteiger partial charge in [-0.15, -0.1) is 0 Å². The second kappa shape index (κ2) is 7.98. The Hall–Kier alpha value is -2.60. The highest BCUT2D eigenvalue weighted by Crippen LogP contribution is 2.20. The number of benzene rings is 1. The summed E-state index contributed by atoms with van der Waals surface area (Å²) in [7, 11) is 0. The van der Waals surface area contributed by atoms with Crippen molar-refractivity contribution in [1.82, 2.24) is 4.98 Å². The van der Waals surface area contributed by atoms with E-state index in [1.165, 1.54) is 0 Å². The van der Waals surface area contributed by atoms with Crippen LogP contribution >= 0.6 is 11.6 Å². The Balaban J connectivity index is 2.08. The average Bonchev–Trinajstić information content (AvgIpc) is 2.88. The van der Waals surface area contributed by atoms with Gasteiger partial charge in [0.25, 0.3) is 0 Å². The number of nitrogens with one attached hydrogen (secondary N) is 1. The van der Waals surface area contributed by atoms with E-state index >= 15 is 0 Å². The molecular weight excluding hydrogens is 346 g/mol. The number of carbonyl (C=O) groups is 3. The summed E-state index contributed by atoms with van der Waals surface area (Å²) in [5.74, 6) is -1.57. The van der Waals surface area contributed by atoms with Crippen molar-refractivity contribution in [2.24, 2.45) is 0 Å². The van der Waals surface area contributed by atoms with E-state index in [1.807, 2.05) is 0 Å². The SMILES string of the molecule is CCOC(=O)c1c(C)[nH]c(C(=O)OCC(=O)c2ccc(Cl)cc2)c1C. The van der Waals surface area contributed by atoms with E-state index in [2.05, 4.69) is 4.98 Å². The number of aromatic nitrogens is 1. The van der Waals surface area contributed by atoms with Crippen molar-refractivity contribution in [2.75, 3.05) is 13.2 Å². The number of carbonyl (C=O) groups excluding carboxylic acids is 3. The molecule has 0 saturated carbocycles. The molecule has 1 heterocycles. The predicted molar refractivity (Wildman–Crippen MR) is 92.3 cm³/mol. The van der Waals surface area contributed by atoms with E-state index < -0.39 is 18.5 Å². The number of Topliss-reactive ketones (excluding diaryl/α,β-unsaturated/α-hetero) is 1. The van der Waals surface area contributed by atoms with E-state index in [4.69, 9.17) is 21.1 Å². The molecule has 0 aliphatic carbocycles. The van der Waals surface area contributed by atoms with Gasteiger partial charge >= 0.3 is 11.9 Å². The third-order valence-corrected chi connectivity index (χ3v) is 3.87. The maximum atomic E-state index is 12.2. The van der Waals surface area contributed by atoms with Crippen LogP contribution in [0.2, 0.25) is 5.02 Å². The van der Waals surface area contributed by atoms with Gasteiger partial charge in [-0.2, -0.15) is 0 Å². The molecule has 1 aromatic heterocycles. The molecule has 0 unspecified atom stereocenters. The Bertz CT molecular complexity index is 808. The summed E-state index contributed by atoms with van der Waals surface area (Å²) in [6.07, 6.45) is 0. The van der Waals surface area contributed by atoms with E-state index in [1.54, 1.807) is 45.0 Å². The van der Waals surface area contributed by atoms with Crippen LogP contribution in [-0.4, -0.2) is 35.9 Å². The van der Waals surface area contributed by atoms with E-state index in [0.717, 1.165) is 0 Å². The van der Waals surface area contributed by atoms with Gasteiger partial charge in [-0.1, -0.05) is 11.6 Å². The van der Waals surface area contributed by atoms with Crippen molar-refractivity contribution >= 4 is 29.3 Å². The molecule has 2 aromatic rings. The zero-order valence-corrected chi connectivity index (χ0v) is 14.9. The molecule has 0 amide bonds. The largest absolute Gasteiger partial charge is 0.462 e. The van der Waals surface area contributed by atoms with Gasteiger partial charge < -0.3 is 14.5 Å². The fraction of sp³-hybridized carbons (Fsp3) is 0.278. The summed E-state index contributed by atoms with van der Waals surface area (Å²) in [5.41, 5.74) is 1.76. The Morgan fingerprint density at radius 3 is 2.28 bits per heavy atom. The number of halogens is 1. The molecule has 7 heteroatoms. The topological polar surface area (TPSA) is 85.5 Å². The molecule has 0 bridgehead atoms. The first-order chi connectivity index (χ1) is 11.8. The lowest BCUT2D eigenvalue weighted by Crippen LogP contribution is -2.15. The normalized spacial score (nSPS) is 10.4. The number of H-pyrrole nitrogens is 1. The van der Waals surface area contributed by atoms with Gasteiger partial charge in [0.15, 0.2) is 12.4 Å². The number of aryl methyl sites for hydroxylation is 1. The molecule has 6 nitrogen and oxygen atoms in total.